The second kappa shape index (κ2) is 5.37. The van der Waals surface area contributed by atoms with Crippen molar-refractivity contribution in [2.24, 2.45) is 7.05 Å². The van der Waals surface area contributed by atoms with E-state index in [0.717, 1.165) is 10.2 Å². The van der Waals surface area contributed by atoms with Crippen molar-refractivity contribution < 1.29 is 9.47 Å². The van der Waals surface area contributed by atoms with Gasteiger partial charge in [-0.2, -0.15) is 5.26 Å². The van der Waals surface area contributed by atoms with Crippen molar-refractivity contribution in [3.05, 3.63) is 58.7 Å². The van der Waals surface area contributed by atoms with E-state index >= 15 is 0 Å². The average molecular weight is 294 g/mol. The summed E-state index contributed by atoms with van der Waals surface area (Å²) in [5.74, 6) is 1.31. The minimum absolute atomic E-state index is 0.246. The summed E-state index contributed by atoms with van der Waals surface area (Å²) in [7, 11) is 1.85. The Morgan fingerprint density at radius 1 is 1.27 bits per heavy atom. The summed E-state index contributed by atoms with van der Waals surface area (Å²) in [6.07, 6.45) is 0. The third kappa shape index (κ3) is 2.33. The molecule has 6 heteroatoms. The van der Waals surface area contributed by atoms with Crippen molar-refractivity contribution in [1.82, 2.24) is 9.55 Å². The first-order chi connectivity index (χ1) is 10.6. The Kier molecular flexibility index (Phi) is 3.39. The molecule has 6 nitrogen and oxygen atoms in total. The molecule has 0 amide bonds. The van der Waals surface area contributed by atoms with E-state index in [1.165, 1.54) is 0 Å². The third-order valence-corrected chi connectivity index (χ3v) is 3.56. The number of aromatic nitrogens is 3. The molecule has 0 radical (unpaired) electrons. The van der Waals surface area contributed by atoms with Crippen molar-refractivity contribution in [2.45, 2.75) is 13.5 Å². The number of nitrogens with zero attached hydrogens (tertiary/aromatic N) is 4. The minimum atomic E-state index is 0.246. The second-order valence-corrected chi connectivity index (χ2v) is 4.99. The molecule has 3 aromatic rings. The van der Waals surface area contributed by atoms with Gasteiger partial charge in [0.15, 0.2) is 6.61 Å². The summed E-state index contributed by atoms with van der Waals surface area (Å²) in [4.78, 5) is 4.36. The maximum absolute atomic E-state index is 12.0. The van der Waals surface area contributed by atoms with E-state index in [1.54, 1.807) is 37.3 Å². The third-order valence-electron chi connectivity index (χ3n) is 3.56. The molecule has 0 saturated heterocycles. The van der Waals surface area contributed by atoms with Crippen LogP contribution in [0.2, 0.25) is 0 Å². The van der Waals surface area contributed by atoms with Crippen LogP contribution in [0.3, 0.4) is 0 Å². The Hall–Kier alpha value is -3.07. The Bertz CT molecular complexity index is 876. The van der Waals surface area contributed by atoms with Gasteiger partial charge in [0.25, 0.3) is 5.82 Å². The van der Waals surface area contributed by atoms with Crippen molar-refractivity contribution in [3.8, 4) is 11.8 Å². The summed E-state index contributed by atoms with van der Waals surface area (Å²) in [6, 6.07) is 12.6. The summed E-state index contributed by atoms with van der Waals surface area (Å²) in [5, 5.41) is 20.8. The zero-order valence-electron chi connectivity index (χ0n) is 12.3. The Morgan fingerprint density at radius 3 is 2.68 bits per heavy atom. The molecule has 110 valence electrons. The van der Waals surface area contributed by atoms with E-state index in [2.05, 4.69) is 11.1 Å². The van der Waals surface area contributed by atoms with Gasteiger partial charge in [-0.15, -0.1) is 0 Å². The lowest BCUT2D eigenvalue weighted by Crippen LogP contribution is -2.31. The summed E-state index contributed by atoms with van der Waals surface area (Å²) in [6.45, 7) is 1.99. The van der Waals surface area contributed by atoms with Crippen LogP contribution in [0.25, 0.3) is 11.2 Å². The van der Waals surface area contributed by atoms with Gasteiger partial charge in [-0.05, 0) is 48.3 Å². The molecule has 0 N–H and O–H groups in total. The largest absolute Gasteiger partial charge is 0.710 e. The first-order valence-electron chi connectivity index (χ1n) is 6.77. The molecule has 0 unspecified atom stereocenters. The quantitative estimate of drug-likeness (QED) is 0.546. The maximum Gasteiger partial charge on any atom is 0.352 e. The highest BCUT2D eigenvalue weighted by molar-refractivity contribution is 5.68. The molecule has 0 spiro atoms. The number of hydrogen-bond donors (Lipinski definition) is 0. The molecule has 0 aliphatic carbocycles. The maximum atomic E-state index is 12.0. The van der Waals surface area contributed by atoms with E-state index in [9.17, 15) is 5.21 Å². The molecule has 3 rings (SSSR count). The van der Waals surface area contributed by atoms with Gasteiger partial charge in [-0.3, -0.25) is 0 Å². The van der Waals surface area contributed by atoms with Crippen molar-refractivity contribution in [1.29, 1.82) is 5.26 Å². The molecule has 0 aliphatic rings. The van der Waals surface area contributed by atoms with Gasteiger partial charge in [-0.1, -0.05) is 0 Å². The van der Waals surface area contributed by atoms with Crippen LogP contribution in [0.1, 0.15) is 17.1 Å². The topological polar surface area (TPSA) is 77.8 Å². The lowest BCUT2D eigenvalue weighted by atomic mass is 10.2. The number of nitriles is 1. The SMILES string of the molecule is Cc1ccc2c(nc(COc3ccc(C#N)cc3)n2C)[n+]1[O-]. The van der Waals surface area contributed by atoms with E-state index in [0.29, 0.717) is 28.5 Å². The number of rotatable bonds is 3. The van der Waals surface area contributed by atoms with E-state index in [-0.39, 0.29) is 6.61 Å². The second-order valence-electron chi connectivity index (χ2n) is 4.99. The number of hydrogen-bond acceptors (Lipinski definition) is 4. The summed E-state index contributed by atoms with van der Waals surface area (Å²) < 4.78 is 8.33. The normalized spacial score (nSPS) is 10.6. The molecule has 0 saturated carbocycles. The van der Waals surface area contributed by atoms with Gasteiger partial charge < -0.3 is 14.5 Å². The fourth-order valence-electron chi connectivity index (χ4n) is 2.22. The van der Waals surface area contributed by atoms with Crippen LogP contribution < -0.4 is 9.47 Å². The highest BCUT2D eigenvalue weighted by Gasteiger charge is 2.18. The van der Waals surface area contributed by atoms with Crippen LogP contribution in [0, 0.1) is 23.5 Å². The van der Waals surface area contributed by atoms with Gasteiger partial charge in [0.1, 0.15) is 17.0 Å². The first kappa shape index (κ1) is 13.9. The van der Waals surface area contributed by atoms with Crippen LogP contribution >= 0.6 is 0 Å². The molecule has 0 aliphatic heterocycles. The van der Waals surface area contributed by atoms with Gasteiger partial charge in [0.05, 0.1) is 11.6 Å². The number of aryl methyl sites for hydroxylation is 2. The van der Waals surface area contributed by atoms with Gasteiger partial charge >= 0.3 is 5.65 Å². The molecule has 1 aromatic carbocycles. The van der Waals surface area contributed by atoms with Crippen molar-refractivity contribution in [3.63, 3.8) is 0 Å². The number of imidazole rings is 1. The van der Waals surface area contributed by atoms with Crippen LogP contribution in [0.4, 0.5) is 0 Å². The predicted molar refractivity (Wildman–Crippen MR) is 79.9 cm³/mol. The van der Waals surface area contributed by atoms with Crippen LogP contribution in [0.15, 0.2) is 36.4 Å². The van der Waals surface area contributed by atoms with E-state index in [4.69, 9.17) is 10.00 Å². The first-order valence-corrected chi connectivity index (χ1v) is 6.77. The van der Waals surface area contributed by atoms with E-state index in [1.807, 2.05) is 17.7 Å². The lowest BCUT2D eigenvalue weighted by Gasteiger charge is -2.05. The van der Waals surface area contributed by atoms with Crippen molar-refractivity contribution in [2.75, 3.05) is 0 Å². The highest BCUT2D eigenvalue weighted by Crippen LogP contribution is 2.16. The van der Waals surface area contributed by atoms with Gasteiger partial charge in [-0.25, -0.2) is 4.73 Å². The Balaban J connectivity index is 1.86. The molecular formula is C16H14N4O2. The average Bonchev–Trinajstić information content (AvgIpc) is 2.86. The van der Waals surface area contributed by atoms with Crippen LogP contribution in [0.5, 0.6) is 5.75 Å². The van der Waals surface area contributed by atoms with Crippen LogP contribution in [-0.2, 0) is 13.7 Å². The number of pyridine rings is 1. The standard InChI is InChI=1S/C16H14N4O2/c1-11-3-8-14-16(20(11)21)18-15(19(14)2)10-22-13-6-4-12(9-17)5-7-13/h3-8H,10H2,1-2H3. The zero-order chi connectivity index (χ0) is 15.7. The molecule has 2 heterocycles. The van der Waals surface area contributed by atoms with Gasteiger partial charge in [0.2, 0.25) is 0 Å². The van der Waals surface area contributed by atoms with Gasteiger partial charge in [0, 0.05) is 7.05 Å². The minimum Gasteiger partial charge on any atom is -0.710 e. The summed E-state index contributed by atoms with van der Waals surface area (Å²) >= 11 is 0. The monoisotopic (exact) mass is 294 g/mol. The summed E-state index contributed by atoms with van der Waals surface area (Å²) in [5.41, 5.74) is 2.34. The predicted octanol–water partition coefficient (Wildman–Crippen LogP) is 1.97. The molecule has 0 atom stereocenters. The number of ether oxygens (including phenoxy) is 1. The molecule has 2 aromatic heterocycles. The van der Waals surface area contributed by atoms with E-state index < -0.39 is 0 Å². The Labute approximate surface area is 127 Å². The fourth-order valence-corrected chi connectivity index (χ4v) is 2.22. The molecule has 0 bridgehead atoms. The van der Waals surface area contributed by atoms with Crippen LogP contribution in [-0.4, -0.2) is 9.55 Å². The van der Waals surface area contributed by atoms with Crippen molar-refractivity contribution >= 4 is 11.2 Å². The molecule has 0 fully saturated rings. The fraction of sp³-hybridized carbons (Fsp3) is 0.188. The zero-order valence-corrected chi connectivity index (χ0v) is 12.3. The molecule has 22 heavy (non-hydrogen) atoms. The smallest absolute Gasteiger partial charge is 0.352 e. The molecular weight excluding hydrogens is 280 g/mol. The highest BCUT2D eigenvalue weighted by atomic mass is 16.5. The number of fused-ring (bicyclic) bond motifs is 1. The number of benzene rings is 1. The Morgan fingerprint density at radius 2 is 2.00 bits per heavy atom. The lowest BCUT2D eigenvalue weighted by molar-refractivity contribution is -0.586.